The number of rotatable bonds is 5. The van der Waals surface area contributed by atoms with Gasteiger partial charge in [-0.15, -0.1) is 11.3 Å². The average molecular weight is 325 g/mol. The molecule has 0 aliphatic carbocycles. The van der Waals surface area contributed by atoms with Crippen LogP contribution in [0.3, 0.4) is 0 Å². The Bertz CT molecular complexity index is 784. The number of nitrogens with two attached hydrogens (primary N) is 1. The number of aromatic nitrogens is 2. The molecule has 0 saturated heterocycles. The summed E-state index contributed by atoms with van der Waals surface area (Å²) in [5.41, 5.74) is 9.94. The largest absolute Gasteiger partial charge is 0.489 e. The summed E-state index contributed by atoms with van der Waals surface area (Å²) < 4.78 is 5.67. The van der Waals surface area contributed by atoms with Gasteiger partial charge in [0, 0.05) is 29.8 Å². The van der Waals surface area contributed by atoms with Crippen LogP contribution in [0.15, 0.2) is 48.1 Å². The van der Waals surface area contributed by atoms with Gasteiger partial charge >= 0.3 is 0 Å². The third-order valence-electron chi connectivity index (χ3n) is 3.32. The zero-order valence-corrected chi connectivity index (χ0v) is 14.0. The molecule has 0 saturated carbocycles. The standard InChI is InChI=1S/C18H19N3OS/c1-12(2)22-17-4-3-13(9-15(17)19)10-18-21-16(11-23-18)14-5-7-20-8-6-14/h3-9,11-12H,10,19H2,1-2H3. The quantitative estimate of drug-likeness (QED) is 0.715. The van der Waals surface area contributed by atoms with Crippen LogP contribution in [0.5, 0.6) is 5.75 Å². The second-order valence-corrected chi connectivity index (χ2v) is 6.52. The number of pyridine rings is 1. The van der Waals surface area contributed by atoms with Crippen molar-refractivity contribution in [2.75, 3.05) is 5.73 Å². The molecule has 1 aromatic carbocycles. The van der Waals surface area contributed by atoms with Crippen LogP contribution < -0.4 is 10.5 Å². The molecule has 0 amide bonds. The third-order valence-corrected chi connectivity index (χ3v) is 4.17. The van der Waals surface area contributed by atoms with Crippen LogP contribution in [0, 0.1) is 0 Å². The first-order chi connectivity index (χ1) is 11.1. The highest BCUT2D eigenvalue weighted by Crippen LogP contribution is 2.27. The topological polar surface area (TPSA) is 61.0 Å². The van der Waals surface area contributed by atoms with E-state index in [2.05, 4.69) is 10.4 Å². The molecule has 4 nitrogen and oxygen atoms in total. The summed E-state index contributed by atoms with van der Waals surface area (Å²) in [7, 11) is 0. The van der Waals surface area contributed by atoms with Gasteiger partial charge < -0.3 is 10.5 Å². The fourth-order valence-electron chi connectivity index (χ4n) is 2.29. The van der Waals surface area contributed by atoms with Gasteiger partial charge in [-0.2, -0.15) is 0 Å². The molecule has 0 atom stereocenters. The van der Waals surface area contributed by atoms with E-state index in [-0.39, 0.29) is 6.10 Å². The molecule has 3 aromatic rings. The van der Waals surface area contributed by atoms with Crippen molar-refractivity contribution in [2.24, 2.45) is 0 Å². The van der Waals surface area contributed by atoms with Gasteiger partial charge in [-0.25, -0.2) is 4.98 Å². The van der Waals surface area contributed by atoms with Crippen LogP contribution in [0.4, 0.5) is 5.69 Å². The number of nitrogens with zero attached hydrogens (tertiary/aromatic N) is 2. The summed E-state index contributed by atoms with van der Waals surface area (Å²) in [6.45, 7) is 3.98. The smallest absolute Gasteiger partial charge is 0.142 e. The molecule has 0 bridgehead atoms. The summed E-state index contributed by atoms with van der Waals surface area (Å²) in [4.78, 5) is 8.73. The van der Waals surface area contributed by atoms with Crippen molar-refractivity contribution < 1.29 is 4.74 Å². The first kappa shape index (κ1) is 15.5. The second-order valence-electron chi connectivity index (χ2n) is 5.58. The first-order valence-electron chi connectivity index (χ1n) is 7.51. The fraction of sp³-hybridized carbons (Fsp3) is 0.222. The Morgan fingerprint density at radius 3 is 2.65 bits per heavy atom. The Labute approximate surface area is 140 Å². The van der Waals surface area contributed by atoms with Crippen molar-refractivity contribution in [3.63, 3.8) is 0 Å². The molecule has 2 N–H and O–H groups in total. The van der Waals surface area contributed by atoms with E-state index in [1.165, 1.54) is 0 Å². The van der Waals surface area contributed by atoms with Gasteiger partial charge in [-0.1, -0.05) is 6.07 Å². The van der Waals surface area contributed by atoms with E-state index in [1.54, 1.807) is 23.7 Å². The number of hydrogen-bond donors (Lipinski definition) is 1. The van der Waals surface area contributed by atoms with Crippen LogP contribution in [0.1, 0.15) is 24.4 Å². The van der Waals surface area contributed by atoms with Gasteiger partial charge in [-0.05, 0) is 43.7 Å². The van der Waals surface area contributed by atoms with Crippen molar-refractivity contribution >= 4 is 17.0 Å². The lowest BCUT2D eigenvalue weighted by atomic mass is 10.1. The minimum absolute atomic E-state index is 0.116. The number of ether oxygens (including phenoxy) is 1. The van der Waals surface area contributed by atoms with Crippen LogP contribution >= 0.6 is 11.3 Å². The maximum absolute atomic E-state index is 6.07. The van der Waals surface area contributed by atoms with Gasteiger partial charge in [-0.3, -0.25) is 4.98 Å². The molecule has 0 fully saturated rings. The lowest BCUT2D eigenvalue weighted by molar-refractivity contribution is 0.244. The maximum atomic E-state index is 6.07. The Kier molecular flexibility index (Phi) is 4.57. The molecule has 2 heterocycles. The van der Waals surface area contributed by atoms with Gasteiger partial charge in [0.15, 0.2) is 0 Å². The Hall–Kier alpha value is -2.40. The molecule has 2 aromatic heterocycles. The van der Waals surface area contributed by atoms with Gasteiger partial charge in [0.25, 0.3) is 0 Å². The molecule has 5 heteroatoms. The molecule has 118 valence electrons. The monoisotopic (exact) mass is 325 g/mol. The van der Waals surface area contributed by atoms with Gasteiger partial charge in [0.2, 0.25) is 0 Å². The number of hydrogen-bond acceptors (Lipinski definition) is 5. The first-order valence-corrected chi connectivity index (χ1v) is 8.39. The molecular weight excluding hydrogens is 306 g/mol. The highest BCUT2D eigenvalue weighted by molar-refractivity contribution is 7.10. The third kappa shape index (κ3) is 3.87. The highest BCUT2D eigenvalue weighted by atomic mass is 32.1. The maximum Gasteiger partial charge on any atom is 0.142 e. The van der Waals surface area contributed by atoms with Crippen molar-refractivity contribution in [2.45, 2.75) is 26.4 Å². The van der Waals surface area contributed by atoms with Crippen molar-refractivity contribution in [1.82, 2.24) is 9.97 Å². The zero-order valence-electron chi connectivity index (χ0n) is 13.2. The lowest BCUT2D eigenvalue weighted by Crippen LogP contribution is -2.07. The fourth-order valence-corrected chi connectivity index (χ4v) is 3.13. The van der Waals surface area contributed by atoms with E-state index < -0.39 is 0 Å². The van der Waals surface area contributed by atoms with Crippen LogP contribution in [0.2, 0.25) is 0 Å². The molecule has 23 heavy (non-hydrogen) atoms. The average Bonchev–Trinajstić information content (AvgIpc) is 2.99. The molecule has 0 unspecified atom stereocenters. The second kappa shape index (κ2) is 6.79. The summed E-state index contributed by atoms with van der Waals surface area (Å²) in [6, 6.07) is 9.87. The molecule has 0 aliphatic rings. The number of anilines is 1. The minimum Gasteiger partial charge on any atom is -0.489 e. The SMILES string of the molecule is CC(C)Oc1ccc(Cc2nc(-c3ccncc3)cs2)cc1N. The highest BCUT2D eigenvalue weighted by Gasteiger charge is 2.08. The molecule has 0 spiro atoms. The molecule has 0 radical (unpaired) electrons. The summed E-state index contributed by atoms with van der Waals surface area (Å²) in [6.07, 6.45) is 4.44. The predicted octanol–water partition coefficient (Wildman–Crippen LogP) is 4.17. The summed E-state index contributed by atoms with van der Waals surface area (Å²) >= 11 is 1.66. The molecule has 0 aliphatic heterocycles. The van der Waals surface area contributed by atoms with Crippen molar-refractivity contribution in [3.05, 3.63) is 58.7 Å². The lowest BCUT2D eigenvalue weighted by Gasteiger charge is -2.12. The Balaban J connectivity index is 1.75. The predicted molar refractivity (Wildman–Crippen MR) is 94.8 cm³/mol. The Morgan fingerprint density at radius 2 is 1.96 bits per heavy atom. The van der Waals surface area contributed by atoms with E-state index in [1.807, 2.05) is 44.2 Å². The van der Waals surface area contributed by atoms with Crippen LogP contribution in [-0.2, 0) is 6.42 Å². The van der Waals surface area contributed by atoms with Crippen molar-refractivity contribution in [1.29, 1.82) is 0 Å². The van der Waals surface area contributed by atoms with E-state index in [0.717, 1.165) is 34.0 Å². The van der Waals surface area contributed by atoms with E-state index in [9.17, 15) is 0 Å². The number of thiazole rings is 1. The Morgan fingerprint density at radius 1 is 1.17 bits per heavy atom. The zero-order chi connectivity index (χ0) is 16.2. The van der Waals surface area contributed by atoms with Crippen LogP contribution in [-0.4, -0.2) is 16.1 Å². The van der Waals surface area contributed by atoms with Gasteiger partial charge in [0.05, 0.1) is 22.5 Å². The van der Waals surface area contributed by atoms with Gasteiger partial charge in [0.1, 0.15) is 5.75 Å². The number of nitrogen functional groups attached to an aromatic ring is 1. The minimum atomic E-state index is 0.116. The molecule has 3 rings (SSSR count). The van der Waals surface area contributed by atoms with E-state index >= 15 is 0 Å². The van der Waals surface area contributed by atoms with E-state index in [4.69, 9.17) is 15.5 Å². The van der Waals surface area contributed by atoms with E-state index in [0.29, 0.717) is 5.69 Å². The normalized spacial score (nSPS) is 10.9. The summed E-state index contributed by atoms with van der Waals surface area (Å²) in [5.74, 6) is 0.736. The number of benzene rings is 1. The van der Waals surface area contributed by atoms with Crippen LogP contribution in [0.25, 0.3) is 11.3 Å². The summed E-state index contributed by atoms with van der Waals surface area (Å²) in [5, 5.41) is 3.14. The van der Waals surface area contributed by atoms with Crippen molar-refractivity contribution in [3.8, 4) is 17.0 Å². The molecular formula is C18H19N3OS.